The molecule has 0 bridgehead atoms. The zero-order chi connectivity index (χ0) is 21.3. The molecule has 1 aliphatic heterocycles. The summed E-state index contributed by atoms with van der Waals surface area (Å²) in [7, 11) is 1.66. The third-order valence-corrected chi connectivity index (χ3v) is 7.55. The minimum absolute atomic E-state index is 0.274. The van der Waals surface area contributed by atoms with Gasteiger partial charge in [-0.05, 0) is 42.1 Å². The second-order valence-electron chi connectivity index (χ2n) is 7.97. The van der Waals surface area contributed by atoms with E-state index in [0.717, 1.165) is 36.2 Å². The molecule has 2 aromatic rings. The number of para-hydroxylation sites is 2. The molecule has 1 heterocycles. The number of hydrogen-bond acceptors (Lipinski definition) is 6. The molecule has 3 rings (SSSR count). The highest BCUT2D eigenvalue weighted by molar-refractivity contribution is 7.99. The first-order chi connectivity index (χ1) is 14.6. The van der Waals surface area contributed by atoms with E-state index < -0.39 is 0 Å². The fourth-order valence-electron chi connectivity index (χ4n) is 3.27. The van der Waals surface area contributed by atoms with Crippen LogP contribution < -0.4 is 14.8 Å². The van der Waals surface area contributed by atoms with Crippen molar-refractivity contribution < 1.29 is 14.2 Å². The zero-order valence-corrected chi connectivity index (χ0v) is 20.0. The van der Waals surface area contributed by atoms with Gasteiger partial charge in [-0.15, -0.1) is 23.5 Å². The zero-order valence-electron chi connectivity index (χ0n) is 18.4. The lowest BCUT2D eigenvalue weighted by molar-refractivity contribution is 0.0482. The Balaban J connectivity index is 1.50. The molecule has 1 aliphatic rings. The van der Waals surface area contributed by atoms with E-state index in [1.165, 1.54) is 15.4 Å². The van der Waals surface area contributed by atoms with E-state index in [4.69, 9.17) is 14.2 Å². The fraction of sp³-hybridized carbons (Fsp3) is 0.500. The van der Waals surface area contributed by atoms with Crippen LogP contribution in [0.3, 0.4) is 0 Å². The minimum atomic E-state index is 0.274. The van der Waals surface area contributed by atoms with Gasteiger partial charge in [-0.3, -0.25) is 0 Å². The monoisotopic (exact) mass is 447 g/mol. The number of rotatable bonds is 10. The number of ether oxygens (including phenoxy) is 3. The summed E-state index contributed by atoms with van der Waals surface area (Å²) in [5.41, 5.74) is 1.23. The average Bonchev–Trinajstić information content (AvgIpc) is 2.97. The number of methoxy groups -OCH3 is 1. The van der Waals surface area contributed by atoms with Crippen molar-refractivity contribution >= 4 is 23.5 Å². The van der Waals surface area contributed by atoms with Gasteiger partial charge in [0.25, 0.3) is 0 Å². The standard InChI is InChI=1S/C24H33NO3S2/c1-17(2)20-8-7-11-23(24(20)28-16-26-4)29-14-18(3)12-25-19-13-27-21-9-5-6-10-22(21)30-15-19/h5-11,17-19,25H,12-16H2,1-4H3/t18-,19+/m0/s1. The summed E-state index contributed by atoms with van der Waals surface area (Å²) in [4.78, 5) is 2.42. The Morgan fingerprint density at radius 3 is 2.80 bits per heavy atom. The SMILES string of the molecule is COCOc1c(SC[C@@H](C)CN[C@@H]2COc3ccccc3SC2)cccc1C(C)C. The van der Waals surface area contributed by atoms with Crippen molar-refractivity contribution in [2.24, 2.45) is 5.92 Å². The van der Waals surface area contributed by atoms with Crippen LogP contribution in [-0.2, 0) is 4.74 Å². The second-order valence-corrected chi connectivity index (χ2v) is 10.1. The Kier molecular flexibility index (Phi) is 9.25. The van der Waals surface area contributed by atoms with Crippen molar-refractivity contribution in [3.05, 3.63) is 48.0 Å². The van der Waals surface area contributed by atoms with Crippen molar-refractivity contribution in [3.8, 4) is 11.5 Å². The molecule has 0 aliphatic carbocycles. The maximum Gasteiger partial charge on any atom is 0.188 e. The van der Waals surface area contributed by atoms with Crippen LogP contribution >= 0.6 is 23.5 Å². The molecular weight excluding hydrogens is 414 g/mol. The maximum absolute atomic E-state index is 5.99. The molecule has 2 atom stereocenters. The van der Waals surface area contributed by atoms with E-state index in [2.05, 4.69) is 62.5 Å². The normalized spacial score (nSPS) is 17.2. The quantitative estimate of drug-likeness (QED) is 0.374. The Bertz CT molecular complexity index is 773. The molecule has 0 unspecified atom stereocenters. The molecule has 0 aromatic heterocycles. The van der Waals surface area contributed by atoms with Crippen molar-refractivity contribution in [2.75, 3.05) is 38.6 Å². The summed E-state index contributed by atoms with van der Waals surface area (Å²) in [5.74, 6) is 4.97. The van der Waals surface area contributed by atoms with Gasteiger partial charge >= 0.3 is 0 Å². The van der Waals surface area contributed by atoms with E-state index in [9.17, 15) is 0 Å². The van der Waals surface area contributed by atoms with Crippen molar-refractivity contribution in [2.45, 2.75) is 42.5 Å². The highest BCUT2D eigenvalue weighted by Gasteiger charge is 2.18. The molecule has 6 heteroatoms. The fourth-order valence-corrected chi connectivity index (χ4v) is 5.37. The summed E-state index contributed by atoms with van der Waals surface area (Å²) in [6.45, 7) is 8.64. The van der Waals surface area contributed by atoms with Crippen molar-refractivity contribution in [1.82, 2.24) is 5.32 Å². The summed E-state index contributed by atoms with van der Waals surface area (Å²) < 4.78 is 17.1. The first kappa shape index (κ1) is 23.3. The first-order valence-corrected chi connectivity index (χ1v) is 12.5. The van der Waals surface area contributed by atoms with Crippen LogP contribution in [0.5, 0.6) is 11.5 Å². The molecule has 4 nitrogen and oxygen atoms in total. The largest absolute Gasteiger partial charge is 0.491 e. The van der Waals surface area contributed by atoms with Gasteiger partial charge in [0.2, 0.25) is 0 Å². The molecule has 0 fully saturated rings. The van der Waals surface area contributed by atoms with Crippen molar-refractivity contribution in [3.63, 3.8) is 0 Å². The summed E-state index contributed by atoms with van der Waals surface area (Å²) >= 11 is 3.73. The lowest BCUT2D eigenvalue weighted by atomic mass is 10.0. The Morgan fingerprint density at radius 2 is 2.00 bits per heavy atom. The maximum atomic E-state index is 5.99. The van der Waals surface area contributed by atoms with E-state index >= 15 is 0 Å². The number of nitrogens with one attached hydrogen (secondary N) is 1. The highest BCUT2D eigenvalue weighted by Crippen LogP contribution is 2.37. The van der Waals surface area contributed by atoms with Crippen LogP contribution in [0.4, 0.5) is 0 Å². The van der Waals surface area contributed by atoms with E-state index in [1.54, 1.807) is 7.11 Å². The van der Waals surface area contributed by atoms with Gasteiger partial charge in [-0.1, -0.05) is 45.0 Å². The van der Waals surface area contributed by atoms with Gasteiger partial charge in [0.15, 0.2) is 6.79 Å². The van der Waals surface area contributed by atoms with E-state index in [-0.39, 0.29) is 6.79 Å². The topological polar surface area (TPSA) is 39.7 Å². The first-order valence-electron chi connectivity index (χ1n) is 10.5. The highest BCUT2D eigenvalue weighted by atomic mass is 32.2. The Labute approximate surface area is 189 Å². The third-order valence-electron chi connectivity index (χ3n) is 4.96. The molecule has 1 N–H and O–H groups in total. The van der Waals surface area contributed by atoms with Crippen LogP contribution in [0.15, 0.2) is 52.3 Å². The Hall–Kier alpha value is -1.34. The number of benzene rings is 2. The number of thioether (sulfide) groups is 2. The summed E-state index contributed by atoms with van der Waals surface area (Å²) in [5, 5.41) is 3.70. The molecule has 2 aromatic carbocycles. The molecular formula is C24H33NO3S2. The van der Waals surface area contributed by atoms with E-state index in [1.807, 2.05) is 29.6 Å². The predicted octanol–water partition coefficient (Wildman–Crippen LogP) is 5.66. The third kappa shape index (κ3) is 6.58. The van der Waals surface area contributed by atoms with Crippen LogP contribution in [0.25, 0.3) is 0 Å². The van der Waals surface area contributed by atoms with Gasteiger partial charge in [-0.25, -0.2) is 0 Å². The number of fused-ring (bicyclic) bond motifs is 1. The van der Waals surface area contributed by atoms with Crippen LogP contribution in [0.2, 0.25) is 0 Å². The smallest absolute Gasteiger partial charge is 0.188 e. The van der Waals surface area contributed by atoms with Crippen LogP contribution in [0.1, 0.15) is 32.3 Å². The van der Waals surface area contributed by atoms with Gasteiger partial charge in [0.1, 0.15) is 18.1 Å². The average molecular weight is 448 g/mol. The molecule has 0 radical (unpaired) electrons. The minimum Gasteiger partial charge on any atom is -0.491 e. The predicted molar refractivity (Wildman–Crippen MR) is 127 cm³/mol. The molecule has 0 saturated carbocycles. The van der Waals surface area contributed by atoms with Crippen LogP contribution in [0, 0.1) is 5.92 Å². The number of hydrogen-bond donors (Lipinski definition) is 1. The lowest BCUT2D eigenvalue weighted by Gasteiger charge is -2.20. The second kappa shape index (κ2) is 11.9. The van der Waals surface area contributed by atoms with E-state index in [0.29, 0.717) is 17.9 Å². The molecule has 0 amide bonds. The molecule has 30 heavy (non-hydrogen) atoms. The molecule has 164 valence electrons. The lowest BCUT2D eigenvalue weighted by Crippen LogP contribution is -2.39. The van der Waals surface area contributed by atoms with Gasteiger partial charge in [0.05, 0.1) is 6.04 Å². The summed E-state index contributed by atoms with van der Waals surface area (Å²) in [6, 6.07) is 15.1. The molecule has 0 saturated heterocycles. The van der Waals surface area contributed by atoms with Crippen LogP contribution in [-0.4, -0.2) is 44.6 Å². The summed E-state index contributed by atoms with van der Waals surface area (Å²) in [6.07, 6.45) is 0. The van der Waals surface area contributed by atoms with Crippen molar-refractivity contribution in [1.29, 1.82) is 0 Å². The Morgan fingerprint density at radius 1 is 1.17 bits per heavy atom. The van der Waals surface area contributed by atoms with Gasteiger partial charge < -0.3 is 19.5 Å². The van der Waals surface area contributed by atoms with Gasteiger partial charge in [-0.2, -0.15) is 0 Å². The van der Waals surface area contributed by atoms with Gasteiger partial charge in [0, 0.05) is 28.4 Å². The molecule has 0 spiro atoms.